The summed E-state index contributed by atoms with van der Waals surface area (Å²) >= 11 is 0. The molecule has 1 amide bonds. The number of hydrogen-bond acceptors (Lipinski definition) is 5. The highest BCUT2D eigenvalue weighted by Gasteiger charge is 2.36. The van der Waals surface area contributed by atoms with Gasteiger partial charge in [-0.1, -0.05) is 12.1 Å². The fourth-order valence-corrected chi connectivity index (χ4v) is 4.58. The Hall–Kier alpha value is -2.22. The highest BCUT2D eigenvalue weighted by Crippen LogP contribution is 2.19. The van der Waals surface area contributed by atoms with E-state index < -0.39 is 27.8 Å². The van der Waals surface area contributed by atoms with Crippen LogP contribution in [0.3, 0.4) is 0 Å². The molecule has 1 aliphatic rings. The molecule has 2 unspecified atom stereocenters. The maximum absolute atomic E-state index is 12.8. The molecule has 1 heterocycles. The first-order valence-corrected chi connectivity index (χ1v) is 10.2. The lowest BCUT2D eigenvalue weighted by atomic mass is 10.2. The Morgan fingerprint density at radius 2 is 2.00 bits per heavy atom. The number of likely N-dealkylation sites (N-methyl/N-ethyl adjacent to an activating group) is 1. The van der Waals surface area contributed by atoms with Crippen molar-refractivity contribution in [2.75, 3.05) is 18.1 Å². The topological polar surface area (TPSA) is 80.8 Å². The molecule has 142 valence electrons. The molecule has 1 fully saturated rings. The first-order valence-electron chi connectivity index (χ1n) is 8.37. The summed E-state index contributed by atoms with van der Waals surface area (Å²) in [5.41, 5.74) is 0.619. The predicted molar refractivity (Wildman–Crippen MR) is 95.4 cm³/mol. The number of carbonyl (C=O) groups excluding carboxylic acids is 2. The SMILES string of the molecule is CCN(C(=O)C(C)OC(=O)/C=C/c1ccc(F)cc1)C1CCS(=O)(=O)C1. The average molecular weight is 383 g/mol. The minimum Gasteiger partial charge on any atom is -0.449 e. The largest absolute Gasteiger partial charge is 0.449 e. The molecule has 1 aliphatic heterocycles. The van der Waals surface area contributed by atoms with Crippen LogP contribution in [-0.4, -0.2) is 55.4 Å². The van der Waals surface area contributed by atoms with Crippen molar-refractivity contribution in [2.45, 2.75) is 32.4 Å². The van der Waals surface area contributed by atoms with Crippen LogP contribution in [-0.2, 0) is 24.2 Å². The van der Waals surface area contributed by atoms with Crippen molar-refractivity contribution >= 4 is 27.8 Å². The first kappa shape index (κ1) is 20.1. The number of nitrogens with zero attached hydrogens (tertiary/aromatic N) is 1. The number of rotatable bonds is 6. The van der Waals surface area contributed by atoms with Gasteiger partial charge in [0.2, 0.25) is 0 Å². The van der Waals surface area contributed by atoms with Crippen LogP contribution >= 0.6 is 0 Å². The minimum absolute atomic E-state index is 0.0578. The van der Waals surface area contributed by atoms with Crippen LogP contribution < -0.4 is 0 Å². The lowest BCUT2D eigenvalue weighted by Gasteiger charge is -2.29. The van der Waals surface area contributed by atoms with Crippen molar-refractivity contribution in [1.29, 1.82) is 0 Å². The van der Waals surface area contributed by atoms with E-state index in [4.69, 9.17) is 4.74 Å². The van der Waals surface area contributed by atoms with E-state index >= 15 is 0 Å². The van der Waals surface area contributed by atoms with E-state index in [0.29, 0.717) is 18.5 Å². The van der Waals surface area contributed by atoms with Crippen LogP contribution in [0.5, 0.6) is 0 Å². The summed E-state index contributed by atoms with van der Waals surface area (Å²) in [5, 5.41) is 0. The normalized spacial score (nSPS) is 20.0. The van der Waals surface area contributed by atoms with Crippen molar-refractivity contribution in [3.63, 3.8) is 0 Å². The summed E-state index contributed by atoms with van der Waals surface area (Å²) in [6.45, 7) is 3.55. The molecule has 26 heavy (non-hydrogen) atoms. The fraction of sp³-hybridized carbons (Fsp3) is 0.444. The number of esters is 1. The highest BCUT2D eigenvalue weighted by molar-refractivity contribution is 7.91. The van der Waals surface area contributed by atoms with E-state index in [2.05, 4.69) is 0 Å². The number of benzene rings is 1. The van der Waals surface area contributed by atoms with E-state index in [0.717, 1.165) is 6.08 Å². The van der Waals surface area contributed by atoms with Crippen molar-refractivity contribution in [1.82, 2.24) is 4.90 Å². The Labute approximate surface area is 152 Å². The number of ether oxygens (including phenoxy) is 1. The van der Waals surface area contributed by atoms with Gasteiger partial charge in [0.05, 0.1) is 11.5 Å². The molecule has 0 bridgehead atoms. The number of hydrogen-bond donors (Lipinski definition) is 0. The van der Waals surface area contributed by atoms with Gasteiger partial charge < -0.3 is 9.64 Å². The molecule has 8 heteroatoms. The zero-order chi connectivity index (χ0) is 19.3. The van der Waals surface area contributed by atoms with Crippen LogP contribution in [0.25, 0.3) is 6.08 Å². The summed E-state index contributed by atoms with van der Waals surface area (Å²) < 4.78 is 41.2. The quantitative estimate of drug-likeness (QED) is 0.553. The Morgan fingerprint density at radius 3 is 2.54 bits per heavy atom. The molecule has 0 aromatic heterocycles. The van der Waals surface area contributed by atoms with Gasteiger partial charge in [-0.2, -0.15) is 0 Å². The zero-order valence-electron chi connectivity index (χ0n) is 14.7. The van der Waals surface area contributed by atoms with E-state index in [-0.39, 0.29) is 23.4 Å². The van der Waals surface area contributed by atoms with E-state index in [1.54, 1.807) is 6.92 Å². The van der Waals surface area contributed by atoms with Crippen molar-refractivity contribution in [2.24, 2.45) is 0 Å². The lowest BCUT2D eigenvalue weighted by Crippen LogP contribution is -2.46. The van der Waals surface area contributed by atoms with Gasteiger partial charge in [-0.25, -0.2) is 17.6 Å². The van der Waals surface area contributed by atoms with Crippen LogP contribution in [0, 0.1) is 5.82 Å². The summed E-state index contributed by atoms with van der Waals surface area (Å²) in [6.07, 6.45) is 1.99. The molecule has 2 rings (SSSR count). The molecule has 0 saturated carbocycles. The first-order chi connectivity index (χ1) is 12.2. The van der Waals surface area contributed by atoms with Gasteiger partial charge in [0.15, 0.2) is 15.9 Å². The summed E-state index contributed by atoms with van der Waals surface area (Å²) in [7, 11) is -3.11. The van der Waals surface area contributed by atoms with Crippen molar-refractivity contribution < 1.29 is 27.1 Å². The van der Waals surface area contributed by atoms with E-state index in [9.17, 15) is 22.4 Å². The van der Waals surface area contributed by atoms with Gasteiger partial charge in [-0.3, -0.25) is 4.79 Å². The Kier molecular flexibility index (Phi) is 6.52. The smallest absolute Gasteiger partial charge is 0.331 e. The molecule has 6 nitrogen and oxygen atoms in total. The van der Waals surface area contributed by atoms with Gasteiger partial charge in [-0.05, 0) is 44.0 Å². The Morgan fingerprint density at radius 1 is 1.35 bits per heavy atom. The van der Waals surface area contributed by atoms with E-state index in [1.807, 2.05) is 0 Å². The maximum Gasteiger partial charge on any atom is 0.331 e. The molecule has 1 saturated heterocycles. The number of sulfone groups is 1. The molecule has 2 atom stereocenters. The maximum atomic E-state index is 12.8. The lowest BCUT2D eigenvalue weighted by molar-refractivity contribution is -0.156. The average Bonchev–Trinajstić information content (AvgIpc) is 2.94. The standard InChI is InChI=1S/C18H22FNO5S/c1-3-20(16-10-11-26(23,24)12-16)18(22)13(2)25-17(21)9-6-14-4-7-15(19)8-5-14/h4-9,13,16H,3,10-12H2,1-2H3/b9-6+. The van der Waals surface area contributed by atoms with Crippen LogP contribution in [0.1, 0.15) is 25.8 Å². The number of halogens is 1. The van der Waals surface area contributed by atoms with Crippen LogP contribution in [0.2, 0.25) is 0 Å². The van der Waals surface area contributed by atoms with E-state index in [1.165, 1.54) is 42.2 Å². The summed E-state index contributed by atoms with van der Waals surface area (Å²) in [4.78, 5) is 25.8. The molecule has 0 spiro atoms. The molecule has 0 aliphatic carbocycles. The molecular formula is C18H22FNO5S. The molecule has 1 aromatic carbocycles. The number of amides is 1. The van der Waals surface area contributed by atoms with Crippen LogP contribution in [0.4, 0.5) is 4.39 Å². The number of carbonyl (C=O) groups is 2. The van der Waals surface area contributed by atoms with Gasteiger partial charge in [0.25, 0.3) is 5.91 Å². The molecule has 1 aromatic rings. The zero-order valence-corrected chi connectivity index (χ0v) is 15.5. The summed E-state index contributed by atoms with van der Waals surface area (Å²) in [6, 6.07) is 5.17. The van der Waals surface area contributed by atoms with Gasteiger partial charge in [0.1, 0.15) is 5.82 Å². The Bertz CT molecular complexity index is 788. The third kappa shape index (κ3) is 5.39. The van der Waals surface area contributed by atoms with Crippen molar-refractivity contribution in [3.8, 4) is 0 Å². The second-order valence-electron chi connectivity index (χ2n) is 6.15. The molecule has 0 N–H and O–H groups in total. The van der Waals surface area contributed by atoms with Gasteiger partial charge in [-0.15, -0.1) is 0 Å². The fourth-order valence-electron chi connectivity index (χ4n) is 2.85. The Balaban J connectivity index is 1.94. The van der Waals surface area contributed by atoms with Gasteiger partial charge in [0, 0.05) is 18.7 Å². The van der Waals surface area contributed by atoms with Crippen molar-refractivity contribution in [3.05, 3.63) is 41.7 Å². The molecule has 0 radical (unpaired) electrons. The third-order valence-corrected chi connectivity index (χ3v) is 5.95. The minimum atomic E-state index is -3.11. The predicted octanol–water partition coefficient (Wildman–Crippen LogP) is 1.81. The highest BCUT2D eigenvalue weighted by atomic mass is 32.2. The second-order valence-corrected chi connectivity index (χ2v) is 8.37. The third-order valence-electron chi connectivity index (χ3n) is 4.20. The van der Waals surface area contributed by atoms with Crippen LogP contribution in [0.15, 0.2) is 30.3 Å². The molecular weight excluding hydrogens is 361 g/mol. The van der Waals surface area contributed by atoms with Gasteiger partial charge >= 0.3 is 5.97 Å². The summed E-state index contributed by atoms with van der Waals surface area (Å²) in [5.74, 6) is -1.49. The second kappa shape index (κ2) is 8.44. The monoisotopic (exact) mass is 383 g/mol.